The third kappa shape index (κ3) is 38.1. The van der Waals surface area contributed by atoms with Crippen molar-refractivity contribution in [3.8, 4) is 5.40 Å². The minimum absolute atomic E-state index is 0. The second kappa shape index (κ2) is 19.1. The Balaban J connectivity index is -0.0000000200. The van der Waals surface area contributed by atoms with Gasteiger partial charge in [-0.05, 0) is 0 Å². The van der Waals surface area contributed by atoms with Gasteiger partial charge in [0.1, 0.15) is 0 Å². The van der Waals surface area contributed by atoms with Crippen molar-refractivity contribution < 1.29 is 44.7 Å². The van der Waals surface area contributed by atoms with Gasteiger partial charge in [0, 0.05) is 44.7 Å². The van der Waals surface area contributed by atoms with Crippen LogP contribution >= 0.6 is 0 Å². The first-order chi connectivity index (χ1) is 1.41. The number of nitrogens with zero attached hydrogens (tertiary/aromatic N) is 1. The third-order valence-electron chi connectivity index (χ3n) is 0. The van der Waals surface area contributed by atoms with Gasteiger partial charge in [-0.3, -0.25) is 0 Å². The first kappa shape index (κ1) is 16.4. The van der Waals surface area contributed by atoms with Crippen molar-refractivity contribution in [1.29, 1.82) is 5.26 Å². The average Bonchev–Trinajstić information content (AvgIpc) is 0.918. The van der Waals surface area contributed by atoms with Gasteiger partial charge in [-0.2, -0.15) is 0 Å². The van der Waals surface area contributed by atoms with E-state index < -0.39 is 0 Å². The van der Waals surface area contributed by atoms with Crippen molar-refractivity contribution >= 4 is 12.6 Å². The standard InChI is InChI=1S/CHNS.Fe.Hg/c2-1-3;;/h3H;;/p-1. The molecule has 0 bridgehead atoms. The summed E-state index contributed by atoms with van der Waals surface area (Å²) in [5.41, 5.74) is 0. The third-order valence-corrected chi connectivity index (χ3v) is 0. The van der Waals surface area contributed by atoms with Gasteiger partial charge in [0.15, 0.2) is 0 Å². The fraction of sp³-hybridized carbons (Fsp3) is 0. The molecule has 0 fully saturated rings. The average molecular weight is 315 g/mol. The summed E-state index contributed by atoms with van der Waals surface area (Å²) in [5, 5.41) is 8.47. The summed E-state index contributed by atoms with van der Waals surface area (Å²) >= 11 is 3.70. The first-order valence-electron chi connectivity index (χ1n) is 0.428. The second-order valence-corrected chi connectivity index (χ2v) is 0.274. The summed E-state index contributed by atoms with van der Waals surface area (Å²) in [6.45, 7) is 0. The Labute approximate surface area is 67.5 Å². The quantitative estimate of drug-likeness (QED) is 0.357. The van der Waals surface area contributed by atoms with Crippen LogP contribution in [-0.4, -0.2) is 0 Å². The summed E-state index contributed by atoms with van der Waals surface area (Å²) in [6.07, 6.45) is 0. The molecule has 0 aromatic rings. The van der Waals surface area contributed by atoms with Crippen LogP contribution in [0.4, 0.5) is 0 Å². The number of nitriles is 1. The minimum atomic E-state index is 0. The van der Waals surface area contributed by atoms with Crippen LogP contribution in [0.2, 0.25) is 0 Å². The number of thiocyanates is 1. The summed E-state index contributed by atoms with van der Waals surface area (Å²) in [5.74, 6) is 0. The van der Waals surface area contributed by atoms with Crippen LogP contribution in [0.5, 0.6) is 0 Å². The zero-order valence-electron chi connectivity index (χ0n) is 2.42. The number of hydrogen-bond acceptors (Lipinski definition) is 2. The SMILES string of the molecule is N#C[S-].[Fe].[Hg]. The smallest absolute Gasteiger partial charge is 0 e. The Morgan fingerprint density at radius 3 is 1.60 bits per heavy atom. The Morgan fingerprint density at radius 2 is 1.60 bits per heavy atom. The van der Waals surface area contributed by atoms with Crippen molar-refractivity contribution in [2.75, 3.05) is 0 Å². The molecule has 26 valence electrons. The molecule has 0 aromatic carbocycles. The van der Waals surface area contributed by atoms with Crippen LogP contribution in [0.25, 0.3) is 0 Å². The van der Waals surface area contributed by atoms with Gasteiger partial charge in [-0.25, -0.2) is 5.26 Å². The molecule has 0 aromatic heterocycles. The molecular formula is CFeHgNS-. The molecule has 0 amide bonds. The van der Waals surface area contributed by atoms with E-state index in [0.717, 1.165) is 0 Å². The van der Waals surface area contributed by atoms with Crippen LogP contribution in [0.1, 0.15) is 0 Å². The van der Waals surface area contributed by atoms with Gasteiger partial charge >= 0.3 is 0 Å². The monoisotopic (exact) mass is 316 g/mol. The normalized spacial score (nSPS) is 1.40. The van der Waals surface area contributed by atoms with Gasteiger partial charge in [-0.15, -0.1) is 0 Å². The van der Waals surface area contributed by atoms with Crippen molar-refractivity contribution in [1.82, 2.24) is 0 Å². The molecule has 1 nitrogen and oxygen atoms in total. The molecule has 0 saturated carbocycles. The van der Waals surface area contributed by atoms with E-state index in [1.807, 2.05) is 0 Å². The summed E-state index contributed by atoms with van der Waals surface area (Å²) < 4.78 is 0. The molecular weight excluding hydrogens is 315 g/mol. The fourth-order valence-corrected chi connectivity index (χ4v) is 0. The van der Waals surface area contributed by atoms with Crippen LogP contribution < -0.4 is 0 Å². The van der Waals surface area contributed by atoms with E-state index in [9.17, 15) is 0 Å². The number of hydrogen-bond donors (Lipinski definition) is 0. The Kier molecular flexibility index (Phi) is 62.8. The van der Waals surface area contributed by atoms with E-state index >= 15 is 0 Å². The molecule has 0 heterocycles. The molecule has 0 atom stereocenters. The summed E-state index contributed by atoms with van der Waals surface area (Å²) in [6, 6.07) is 0. The fourth-order valence-electron chi connectivity index (χ4n) is 0. The Bertz CT molecular complexity index is 33.1. The predicted molar refractivity (Wildman–Crippen MR) is 13.0 cm³/mol. The molecule has 4 heteroatoms. The van der Waals surface area contributed by atoms with Crippen molar-refractivity contribution in [3.63, 3.8) is 0 Å². The maximum atomic E-state index is 7.13. The zero-order valence-corrected chi connectivity index (χ0v) is 9.83. The van der Waals surface area contributed by atoms with Crippen molar-refractivity contribution in [2.45, 2.75) is 0 Å². The maximum Gasteiger partial charge on any atom is 0 e. The first-order valence-corrected chi connectivity index (χ1v) is 0.836. The Hall–Kier alpha value is 1.16. The maximum absolute atomic E-state index is 7.13. The molecule has 0 spiro atoms. The van der Waals surface area contributed by atoms with Gasteiger partial charge in [0.25, 0.3) is 0 Å². The molecule has 5 heavy (non-hydrogen) atoms. The van der Waals surface area contributed by atoms with E-state index in [2.05, 4.69) is 12.6 Å². The predicted octanol–water partition coefficient (Wildman–Crippen LogP) is 0.00938. The molecule has 0 radical (unpaired) electrons. The van der Waals surface area contributed by atoms with Crippen LogP contribution in [0.15, 0.2) is 0 Å². The van der Waals surface area contributed by atoms with E-state index in [1.54, 1.807) is 0 Å². The van der Waals surface area contributed by atoms with E-state index in [-0.39, 0.29) is 44.7 Å². The topological polar surface area (TPSA) is 23.8 Å². The largest absolute Gasteiger partial charge is 0.696 e. The van der Waals surface area contributed by atoms with E-state index in [1.165, 1.54) is 5.40 Å². The van der Waals surface area contributed by atoms with Gasteiger partial charge in [0.05, 0.1) is 0 Å². The van der Waals surface area contributed by atoms with Gasteiger partial charge in [0.2, 0.25) is 0 Å². The van der Waals surface area contributed by atoms with Gasteiger partial charge < -0.3 is 12.6 Å². The minimum Gasteiger partial charge on any atom is -0.696 e. The second-order valence-electron chi connectivity index (χ2n) is 0.0913. The van der Waals surface area contributed by atoms with E-state index in [0.29, 0.717) is 0 Å². The number of rotatable bonds is 0. The van der Waals surface area contributed by atoms with Crippen LogP contribution in [-0.2, 0) is 57.4 Å². The van der Waals surface area contributed by atoms with Crippen molar-refractivity contribution in [3.05, 3.63) is 0 Å². The molecule has 0 aliphatic rings. The molecule has 0 unspecified atom stereocenters. The zero-order chi connectivity index (χ0) is 2.71. The van der Waals surface area contributed by atoms with Crippen molar-refractivity contribution in [2.24, 2.45) is 0 Å². The van der Waals surface area contributed by atoms with E-state index in [4.69, 9.17) is 5.26 Å². The van der Waals surface area contributed by atoms with Crippen LogP contribution in [0.3, 0.4) is 0 Å². The Morgan fingerprint density at radius 1 is 1.60 bits per heavy atom. The molecule has 0 saturated heterocycles. The summed E-state index contributed by atoms with van der Waals surface area (Å²) in [4.78, 5) is 0. The summed E-state index contributed by atoms with van der Waals surface area (Å²) in [7, 11) is 0. The van der Waals surface area contributed by atoms with Gasteiger partial charge in [-0.1, -0.05) is 5.40 Å². The van der Waals surface area contributed by atoms with Crippen LogP contribution in [0, 0.1) is 10.7 Å². The molecule has 0 aliphatic heterocycles. The molecule has 0 rings (SSSR count). The molecule has 0 N–H and O–H groups in total. The molecule has 0 aliphatic carbocycles.